The maximum absolute atomic E-state index is 12.3. The highest BCUT2D eigenvalue weighted by atomic mass is 16.5. The van der Waals surface area contributed by atoms with Gasteiger partial charge in [-0.05, 0) is 27.7 Å². The zero-order chi connectivity index (χ0) is 15.1. The van der Waals surface area contributed by atoms with E-state index in [1.807, 2.05) is 20.8 Å². The van der Waals surface area contributed by atoms with Crippen LogP contribution in [0.2, 0.25) is 0 Å². The maximum Gasteiger partial charge on any atom is 0.328 e. The Morgan fingerprint density at radius 1 is 1.60 bits per heavy atom. The van der Waals surface area contributed by atoms with Gasteiger partial charge in [-0.25, -0.2) is 9.69 Å². The molecule has 0 bridgehead atoms. The summed E-state index contributed by atoms with van der Waals surface area (Å²) in [4.78, 5) is 15.1. The molecule has 2 atom stereocenters. The molecule has 0 spiro atoms. The molecule has 1 N–H and O–H groups in total. The first kappa shape index (κ1) is 14.4. The number of hydrogen-bond donors (Lipinski definition) is 1. The van der Waals surface area contributed by atoms with Crippen LogP contribution >= 0.6 is 0 Å². The number of aliphatic hydroxyl groups excluding tert-OH is 1. The predicted octanol–water partition coefficient (Wildman–Crippen LogP) is 1.55. The average molecular weight is 277 g/mol. The number of amides is 2. The molecule has 2 rings (SSSR count). The summed E-state index contributed by atoms with van der Waals surface area (Å²) < 4.78 is 5.22. The largest absolute Gasteiger partial charge is 0.371 e. The molecule has 20 heavy (non-hydrogen) atoms. The maximum atomic E-state index is 12.3. The molecule has 0 saturated carbocycles. The van der Waals surface area contributed by atoms with Crippen molar-refractivity contribution in [3.8, 4) is 12.3 Å². The lowest BCUT2D eigenvalue weighted by atomic mass is 9.92. The van der Waals surface area contributed by atoms with Crippen LogP contribution in [0.25, 0.3) is 0 Å². The van der Waals surface area contributed by atoms with Crippen LogP contribution in [0.4, 0.5) is 10.6 Å². The first-order valence-corrected chi connectivity index (χ1v) is 6.56. The number of hydrogen-bond acceptors (Lipinski definition) is 4. The van der Waals surface area contributed by atoms with E-state index in [4.69, 9.17) is 10.9 Å². The summed E-state index contributed by atoms with van der Waals surface area (Å²) in [5, 5.41) is 14.1. The van der Waals surface area contributed by atoms with E-state index in [1.54, 1.807) is 17.9 Å². The number of aromatic nitrogens is 1. The normalized spacial score (nSPS) is 23.3. The molecular formula is C14H19N3O3. The predicted molar refractivity (Wildman–Crippen MR) is 74.1 cm³/mol. The topological polar surface area (TPSA) is 69.8 Å². The molecule has 0 aliphatic carbocycles. The summed E-state index contributed by atoms with van der Waals surface area (Å²) >= 11 is 0. The van der Waals surface area contributed by atoms with Gasteiger partial charge in [0.25, 0.3) is 0 Å². The lowest BCUT2D eigenvalue weighted by molar-refractivity contribution is 0.130. The summed E-state index contributed by atoms with van der Waals surface area (Å²) in [6, 6.07) is 1.02. The Labute approximate surface area is 118 Å². The SMILES string of the molecule is C#CC(C)(C)c1cc(N2C(=O)N(CC)C(C)C2O)no1. The van der Waals surface area contributed by atoms with Crippen LogP contribution in [0.1, 0.15) is 33.5 Å². The van der Waals surface area contributed by atoms with Crippen molar-refractivity contribution in [3.63, 3.8) is 0 Å². The fourth-order valence-electron chi connectivity index (χ4n) is 2.20. The number of aliphatic hydroxyl groups is 1. The molecule has 6 heteroatoms. The van der Waals surface area contributed by atoms with Crippen molar-refractivity contribution in [2.24, 2.45) is 0 Å². The molecule has 0 radical (unpaired) electrons. The number of likely N-dealkylation sites (N-methyl/N-ethyl adjacent to an activating group) is 1. The highest BCUT2D eigenvalue weighted by Crippen LogP contribution is 2.31. The molecule has 0 aromatic carbocycles. The smallest absolute Gasteiger partial charge is 0.328 e. The van der Waals surface area contributed by atoms with Crippen LogP contribution in [-0.2, 0) is 5.41 Å². The van der Waals surface area contributed by atoms with E-state index in [-0.39, 0.29) is 17.9 Å². The van der Waals surface area contributed by atoms with Crippen molar-refractivity contribution in [2.45, 2.75) is 45.4 Å². The molecule has 2 heterocycles. The highest BCUT2D eigenvalue weighted by molar-refractivity contribution is 5.94. The van der Waals surface area contributed by atoms with Gasteiger partial charge in [-0.1, -0.05) is 11.1 Å². The summed E-state index contributed by atoms with van der Waals surface area (Å²) in [5.74, 6) is 3.37. The van der Waals surface area contributed by atoms with Crippen molar-refractivity contribution >= 4 is 11.8 Å². The summed E-state index contributed by atoms with van der Waals surface area (Å²) in [5.41, 5.74) is -0.616. The quantitative estimate of drug-likeness (QED) is 0.851. The Balaban J connectivity index is 2.34. The van der Waals surface area contributed by atoms with Gasteiger partial charge < -0.3 is 14.5 Å². The lowest BCUT2D eigenvalue weighted by Crippen LogP contribution is -2.35. The third-order valence-electron chi connectivity index (χ3n) is 3.70. The van der Waals surface area contributed by atoms with Crippen molar-refractivity contribution in [1.29, 1.82) is 0 Å². The van der Waals surface area contributed by atoms with Crippen LogP contribution in [0.15, 0.2) is 10.6 Å². The van der Waals surface area contributed by atoms with E-state index < -0.39 is 11.6 Å². The fourth-order valence-corrected chi connectivity index (χ4v) is 2.20. The molecule has 108 valence electrons. The van der Waals surface area contributed by atoms with E-state index in [2.05, 4.69) is 11.1 Å². The number of terminal acetylenes is 1. The fraction of sp³-hybridized carbons (Fsp3) is 0.571. The summed E-state index contributed by atoms with van der Waals surface area (Å²) in [6.07, 6.45) is 4.50. The van der Waals surface area contributed by atoms with E-state index in [9.17, 15) is 9.90 Å². The number of urea groups is 1. The van der Waals surface area contributed by atoms with Crippen LogP contribution in [0.5, 0.6) is 0 Å². The van der Waals surface area contributed by atoms with Gasteiger partial charge >= 0.3 is 6.03 Å². The molecule has 1 aromatic rings. The van der Waals surface area contributed by atoms with Crippen molar-refractivity contribution in [1.82, 2.24) is 10.1 Å². The second-order valence-corrected chi connectivity index (χ2v) is 5.41. The first-order chi connectivity index (χ1) is 9.33. The number of rotatable bonds is 3. The third-order valence-corrected chi connectivity index (χ3v) is 3.70. The summed E-state index contributed by atoms with van der Waals surface area (Å²) in [7, 11) is 0. The van der Waals surface area contributed by atoms with E-state index in [0.29, 0.717) is 12.3 Å². The molecule has 1 aromatic heterocycles. The van der Waals surface area contributed by atoms with Crippen LogP contribution in [0.3, 0.4) is 0 Å². The van der Waals surface area contributed by atoms with Gasteiger partial charge in [0, 0.05) is 12.6 Å². The number of carbonyl (C=O) groups excluding carboxylic acids is 1. The van der Waals surface area contributed by atoms with Crippen molar-refractivity contribution in [2.75, 3.05) is 11.4 Å². The minimum Gasteiger partial charge on any atom is -0.371 e. The van der Waals surface area contributed by atoms with E-state index >= 15 is 0 Å². The Morgan fingerprint density at radius 2 is 2.25 bits per heavy atom. The first-order valence-electron chi connectivity index (χ1n) is 6.56. The molecular weight excluding hydrogens is 258 g/mol. The van der Waals surface area contributed by atoms with Crippen molar-refractivity contribution < 1.29 is 14.4 Å². The van der Waals surface area contributed by atoms with Gasteiger partial charge in [-0.2, -0.15) is 0 Å². The Hall–Kier alpha value is -2.00. The van der Waals surface area contributed by atoms with Gasteiger partial charge in [-0.15, -0.1) is 6.42 Å². The van der Waals surface area contributed by atoms with E-state index in [1.165, 1.54) is 4.90 Å². The Morgan fingerprint density at radius 3 is 2.75 bits per heavy atom. The second kappa shape index (κ2) is 4.84. The minimum absolute atomic E-state index is 0.281. The highest BCUT2D eigenvalue weighted by Gasteiger charge is 2.44. The molecule has 1 fully saturated rings. The number of anilines is 1. The zero-order valence-corrected chi connectivity index (χ0v) is 12.1. The molecule has 2 amide bonds. The lowest BCUT2D eigenvalue weighted by Gasteiger charge is -2.17. The average Bonchev–Trinajstić information content (AvgIpc) is 2.96. The van der Waals surface area contributed by atoms with E-state index in [0.717, 1.165) is 0 Å². The monoisotopic (exact) mass is 277 g/mol. The van der Waals surface area contributed by atoms with Gasteiger partial charge in [0.1, 0.15) is 0 Å². The molecule has 1 saturated heterocycles. The second-order valence-electron chi connectivity index (χ2n) is 5.41. The molecule has 2 unspecified atom stereocenters. The molecule has 1 aliphatic rings. The van der Waals surface area contributed by atoms with Gasteiger partial charge in [-0.3, -0.25) is 0 Å². The van der Waals surface area contributed by atoms with Gasteiger partial charge in [0.05, 0.1) is 11.5 Å². The Bertz CT molecular complexity index is 558. The van der Waals surface area contributed by atoms with Crippen LogP contribution in [-0.4, -0.2) is 40.0 Å². The minimum atomic E-state index is -0.950. The standard InChI is InChI=1S/C14H19N3O3/c1-6-14(4,5)10-8-11(15-20-10)17-12(18)9(3)16(7-2)13(17)19/h1,8-9,12,18H,7H2,2-5H3. The summed E-state index contributed by atoms with van der Waals surface area (Å²) in [6.45, 7) is 7.81. The zero-order valence-electron chi connectivity index (χ0n) is 12.1. The van der Waals surface area contributed by atoms with Gasteiger partial charge in [0.15, 0.2) is 17.8 Å². The van der Waals surface area contributed by atoms with Crippen LogP contribution < -0.4 is 4.90 Å². The van der Waals surface area contributed by atoms with Crippen LogP contribution in [0, 0.1) is 12.3 Å². The number of nitrogens with zero attached hydrogens (tertiary/aromatic N) is 3. The Kier molecular flexibility index (Phi) is 3.48. The number of carbonyl (C=O) groups is 1. The molecule has 1 aliphatic heterocycles. The molecule has 6 nitrogen and oxygen atoms in total. The van der Waals surface area contributed by atoms with Gasteiger partial charge in [0.2, 0.25) is 0 Å². The van der Waals surface area contributed by atoms with Crippen molar-refractivity contribution in [3.05, 3.63) is 11.8 Å². The third kappa shape index (κ3) is 2.04.